The van der Waals surface area contributed by atoms with Gasteiger partial charge in [-0.25, -0.2) is 4.79 Å². The van der Waals surface area contributed by atoms with Crippen LogP contribution in [0.1, 0.15) is 38.3 Å². The van der Waals surface area contributed by atoms with Crippen LogP contribution in [-0.4, -0.2) is 40.6 Å². The quantitative estimate of drug-likeness (QED) is 0.347. The first-order valence-corrected chi connectivity index (χ1v) is 12.4. The first-order valence-electron chi connectivity index (χ1n) is 12.4. The predicted molar refractivity (Wildman–Crippen MR) is 142 cm³/mol. The molecule has 4 aromatic rings. The Morgan fingerprint density at radius 2 is 1.76 bits per heavy atom. The number of hydrogen-bond acceptors (Lipinski definition) is 4. The van der Waals surface area contributed by atoms with Crippen molar-refractivity contribution < 1.29 is 18.7 Å². The Bertz CT molecular complexity index is 1380. The fraction of sp³-hybridized carbons (Fsp3) is 0.241. The molecule has 0 fully saturated rings. The van der Waals surface area contributed by atoms with Gasteiger partial charge in [0, 0.05) is 17.9 Å². The van der Waals surface area contributed by atoms with Crippen LogP contribution in [0, 0.1) is 0 Å². The van der Waals surface area contributed by atoms with Crippen molar-refractivity contribution in [3.63, 3.8) is 0 Å². The number of nitrogens with one attached hydrogen (secondary N) is 1. The molecule has 37 heavy (non-hydrogen) atoms. The zero-order valence-corrected chi connectivity index (χ0v) is 21.1. The van der Waals surface area contributed by atoms with Gasteiger partial charge >= 0.3 is 6.03 Å². The molecule has 0 spiro atoms. The van der Waals surface area contributed by atoms with Crippen molar-refractivity contribution in [2.75, 3.05) is 23.4 Å². The number of urea groups is 1. The van der Waals surface area contributed by atoms with Crippen molar-refractivity contribution in [1.82, 2.24) is 9.47 Å². The molecular weight excluding hydrogens is 468 g/mol. The Balaban J connectivity index is 1.44. The third-order valence-electron chi connectivity index (χ3n) is 6.41. The summed E-state index contributed by atoms with van der Waals surface area (Å²) >= 11 is 0. The van der Waals surface area contributed by atoms with Gasteiger partial charge in [0.1, 0.15) is 24.1 Å². The Hall–Kier alpha value is -4.46. The summed E-state index contributed by atoms with van der Waals surface area (Å²) in [4.78, 5) is 30.6. The molecule has 2 aromatic carbocycles. The van der Waals surface area contributed by atoms with Gasteiger partial charge in [-0.1, -0.05) is 12.1 Å². The van der Waals surface area contributed by atoms with Crippen LogP contribution in [0.15, 0.2) is 89.7 Å². The molecule has 8 nitrogen and oxygen atoms in total. The molecule has 0 saturated carbocycles. The number of aromatic nitrogens is 1. The maximum absolute atomic E-state index is 14.0. The third kappa shape index (κ3) is 4.70. The maximum atomic E-state index is 14.0. The topological polar surface area (TPSA) is 80.0 Å². The Morgan fingerprint density at radius 1 is 1.00 bits per heavy atom. The molecule has 1 aliphatic rings. The smallest absolute Gasteiger partial charge is 0.322 e. The van der Waals surface area contributed by atoms with E-state index < -0.39 is 6.04 Å². The van der Waals surface area contributed by atoms with Crippen molar-refractivity contribution in [3.8, 4) is 11.4 Å². The van der Waals surface area contributed by atoms with Gasteiger partial charge in [0.25, 0.3) is 0 Å². The van der Waals surface area contributed by atoms with Crippen molar-refractivity contribution in [3.05, 3.63) is 96.7 Å². The summed E-state index contributed by atoms with van der Waals surface area (Å²) in [5, 5.41) is 2.91. The summed E-state index contributed by atoms with van der Waals surface area (Å²) in [6, 6.07) is 21.5. The molecule has 1 unspecified atom stereocenters. The number of para-hydroxylation sites is 2. The van der Waals surface area contributed by atoms with Crippen molar-refractivity contribution in [2.24, 2.45) is 0 Å². The van der Waals surface area contributed by atoms with E-state index in [1.807, 2.05) is 75.5 Å². The number of nitrogens with zero attached hydrogens (tertiary/aromatic N) is 3. The number of furan rings is 1. The van der Waals surface area contributed by atoms with Gasteiger partial charge in [0.05, 0.1) is 29.9 Å². The number of ether oxygens (including phenoxy) is 1. The highest BCUT2D eigenvalue weighted by Gasteiger charge is 2.38. The summed E-state index contributed by atoms with van der Waals surface area (Å²) in [6.45, 7) is 6.17. The molecule has 3 heterocycles. The SMILES string of the molecule is CCOc1ccc(NC(=O)N(CC(=O)N2c3ccccc3-n3cccc3C2c2ccco2)C(C)C)cc1. The van der Waals surface area contributed by atoms with Crippen molar-refractivity contribution in [2.45, 2.75) is 32.9 Å². The zero-order valence-electron chi connectivity index (χ0n) is 21.1. The van der Waals surface area contributed by atoms with E-state index in [4.69, 9.17) is 9.15 Å². The van der Waals surface area contributed by atoms with Crippen molar-refractivity contribution in [1.29, 1.82) is 0 Å². The Kier molecular flexibility index (Phi) is 6.72. The largest absolute Gasteiger partial charge is 0.494 e. The molecule has 0 saturated heterocycles. The number of rotatable bonds is 7. The van der Waals surface area contributed by atoms with E-state index in [-0.39, 0.29) is 24.5 Å². The molecule has 2 aromatic heterocycles. The Morgan fingerprint density at radius 3 is 2.43 bits per heavy atom. The fourth-order valence-corrected chi connectivity index (χ4v) is 4.68. The standard InChI is InChI=1S/C29H30N4O4/c1-4-36-22-15-13-21(14-16-22)30-29(35)32(20(2)3)19-27(34)33-24-10-6-5-9-23(24)31-17-7-11-25(31)28(33)26-12-8-18-37-26/h5-18,20,28H,4,19H2,1-3H3,(H,30,35). The molecule has 0 radical (unpaired) electrons. The lowest BCUT2D eigenvalue weighted by Gasteiger charge is -2.38. The molecule has 5 rings (SSSR count). The molecule has 1 N–H and O–H groups in total. The van der Waals surface area contributed by atoms with Crippen LogP contribution < -0.4 is 15.0 Å². The first kappa shape index (κ1) is 24.2. The summed E-state index contributed by atoms with van der Waals surface area (Å²) in [6.07, 6.45) is 3.59. The first-order chi connectivity index (χ1) is 18.0. The second-order valence-electron chi connectivity index (χ2n) is 9.08. The lowest BCUT2D eigenvalue weighted by Crippen LogP contribution is -2.49. The molecule has 190 valence electrons. The fourth-order valence-electron chi connectivity index (χ4n) is 4.68. The number of carbonyl (C=O) groups excluding carboxylic acids is 2. The van der Waals surface area contributed by atoms with Gasteiger partial charge < -0.3 is 23.9 Å². The summed E-state index contributed by atoms with van der Waals surface area (Å²) < 4.78 is 13.3. The van der Waals surface area contributed by atoms with E-state index >= 15 is 0 Å². The van der Waals surface area contributed by atoms with E-state index in [2.05, 4.69) is 9.88 Å². The van der Waals surface area contributed by atoms with Crippen LogP contribution >= 0.6 is 0 Å². The molecular formula is C29H30N4O4. The van der Waals surface area contributed by atoms with Gasteiger partial charge in [-0.05, 0) is 81.4 Å². The normalized spacial score (nSPS) is 14.2. The van der Waals surface area contributed by atoms with E-state index in [1.165, 1.54) is 4.90 Å². The lowest BCUT2D eigenvalue weighted by molar-refractivity contribution is -0.120. The van der Waals surface area contributed by atoms with Gasteiger partial charge in [-0.15, -0.1) is 0 Å². The third-order valence-corrected chi connectivity index (χ3v) is 6.41. The zero-order chi connectivity index (χ0) is 25.9. The predicted octanol–water partition coefficient (Wildman–Crippen LogP) is 5.85. The lowest BCUT2D eigenvalue weighted by atomic mass is 10.0. The molecule has 1 atom stereocenters. The highest BCUT2D eigenvalue weighted by atomic mass is 16.5. The molecule has 8 heteroatoms. The number of fused-ring (bicyclic) bond motifs is 3. The number of anilines is 2. The number of carbonyl (C=O) groups is 2. The second kappa shape index (κ2) is 10.3. The number of amides is 3. The second-order valence-corrected chi connectivity index (χ2v) is 9.08. The minimum Gasteiger partial charge on any atom is -0.494 e. The summed E-state index contributed by atoms with van der Waals surface area (Å²) in [5.74, 6) is 1.17. The molecule has 1 aliphatic heterocycles. The van der Waals surface area contributed by atoms with Crippen LogP contribution in [0.3, 0.4) is 0 Å². The van der Waals surface area contributed by atoms with E-state index in [9.17, 15) is 9.59 Å². The summed E-state index contributed by atoms with van der Waals surface area (Å²) in [7, 11) is 0. The molecule has 3 amide bonds. The van der Waals surface area contributed by atoms with Crippen LogP contribution in [0.5, 0.6) is 5.75 Å². The minimum atomic E-state index is -0.462. The van der Waals surface area contributed by atoms with E-state index in [0.717, 1.165) is 22.8 Å². The Labute approximate surface area is 216 Å². The van der Waals surface area contributed by atoms with Crippen LogP contribution in [-0.2, 0) is 4.79 Å². The highest BCUT2D eigenvalue weighted by molar-refractivity contribution is 6.01. The maximum Gasteiger partial charge on any atom is 0.322 e. The van der Waals surface area contributed by atoms with Gasteiger partial charge in [0.2, 0.25) is 5.91 Å². The monoisotopic (exact) mass is 498 g/mol. The van der Waals surface area contributed by atoms with Gasteiger partial charge in [0.15, 0.2) is 0 Å². The van der Waals surface area contributed by atoms with E-state index in [1.54, 1.807) is 35.4 Å². The van der Waals surface area contributed by atoms with Crippen LogP contribution in [0.25, 0.3) is 5.69 Å². The molecule has 0 aliphatic carbocycles. The molecule has 0 bridgehead atoms. The number of hydrogen-bond donors (Lipinski definition) is 1. The average Bonchev–Trinajstić information content (AvgIpc) is 3.60. The van der Waals surface area contributed by atoms with Crippen LogP contribution in [0.4, 0.5) is 16.2 Å². The van der Waals surface area contributed by atoms with Gasteiger partial charge in [-0.2, -0.15) is 0 Å². The van der Waals surface area contributed by atoms with Gasteiger partial charge in [-0.3, -0.25) is 9.69 Å². The minimum absolute atomic E-state index is 0.104. The van der Waals surface area contributed by atoms with E-state index in [0.29, 0.717) is 18.1 Å². The average molecular weight is 499 g/mol. The highest BCUT2D eigenvalue weighted by Crippen LogP contribution is 2.42. The number of benzene rings is 2. The van der Waals surface area contributed by atoms with Crippen molar-refractivity contribution >= 4 is 23.3 Å². The van der Waals surface area contributed by atoms with Crippen LogP contribution in [0.2, 0.25) is 0 Å². The summed E-state index contributed by atoms with van der Waals surface area (Å²) in [5.41, 5.74) is 3.19.